The summed E-state index contributed by atoms with van der Waals surface area (Å²) in [6.45, 7) is 5.64. The first-order valence-corrected chi connectivity index (χ1v) is 9.99. The molecule has 2 aromatic rings. The lowest BCUT2D eigenvalue weighted by atomic mass is 9.98. The highest BCUT2D eigenvalue weighted by Gasteiger charge is 2.25. The van der Waals surface area contributed by atoms with Crippen molar-refractivity contribution in [2.24, 2.45) is 5.92 Å². The van der Waals surface area contributed by atoms with Gasteiger partial charge in [-0.1, -0.05) is 44.2 Å². The summed E-state index contributed by atoms with van der Waals surface area (Å²) in [6, 6.07) is 16.5. The Morgan fingerprint density at radius 1 is 1.07 bits per heavy atom. The normalized spacial score (nSPS) is 15.7. The Labute approximate surface area is 166 Å². The minimum Gasteiger partial charge on any atom is -0.481 e. The van der Waals surface area contributed by atoms with Crippen LogP contribution in [-0.2, 0) is 4.79 Å². The number of ether oxygens (including phenoxy) is 1. The number of anilines is 1. The van der Waals surface area contributed by atoms with Crippen LogP contribution in [0.2, 0.25) is 0 Å². The number of carbonyl (C=O) groups excluding carboxylic acids is 2. The van der Waals surface area contributed by atoms with E-state index < -0.39 is 6.10 Å². The Hall–Kier alpha value is -2.82. The number of nitrogens with zero attached hydrogens (tertiary/aromatic N) is 1. The second-order valence-corrected chi connectivity index (χ2v) is 7.34. The molecule has 1 heterocycles. The fourth-order valence-electron chi connectivity index (χ4n) is 3.36. The van der Waals surface area contributed by atoms with E-state index in [2.05, 4.69) is 12.2 Å². The molecule has 0 aromatic heterocycles. The lowest BCUT2D eigenvalue weighted by molar-refractivity contribution is -0.122. The molecule has 28 heavy (non-hydrogen) atoms. The van der Waals surface area contributed by atoms with Crippen molar-refractivity contribution in [1.29, 1.82) is 0 Å². The molecule has 5 nitrogen and oxygen atoms in total. The molecular weight excluding hydrogens is 352 g/mol. The van der Waals surface area contributed by atoms with Gasteiger partial charge < -0.3 is 15.0 Å². The summed E-state index contributed by atoms with van der Waals surface area (Å²) in [5, 5.41) is 2.90. The number of rotatable bonds is 6. The van der Waals surface area contributed by atoms with Crippen molar-refractivity contribution in [2.45, 2.75) is 39.2 Å². The first kappa shape index (κ1) is 19.9. The Balaban J connectivity index is 1.71. The average Bonchev–Trinajstić information content (AvgIpc) is 2.73. The van der Waals surface area contributed by atoms with E-state index in [0.717, 1.165) is 25.9 Å². The van der Waals surface area contributed by atoms with Gasteiger partial charge in [0.1, 0.15) is 5.75 Å². The van der Waals surface area contributed by atoms with E-state index in [1.165, 1.54) is 0 Å². The van der Waals surface area contributed by atoms with Crippen LogP contribution in [0.1, 0.15) is 43.5 Å². The van der Waals surface area contributed by atoms with Gasteiger partial charge in [0.05, 0.1) is 11.3 Å². The molecule has 1 atom stereocenters. The third-order valence-corrected chi connectivity index (χ3v) is 5.17. The zero-order valence-corrected chi connectivity index (χ0v) is 16.6. The van der Waals surface area contributed by atoms with Crippen molar-refractivity contribution in [2.75, 3.05) is 18.4 Å². The molecule has 0 bridgehead atoms. The lowest BCUT2D eigenvalue weighted by Gasteiger charge is -2.31. The molecule has 2 aromatic carbocycles. The molecule has 1 N–H and O–H groups in total. The predicted molar refractivity (Wildman–Crippen MR) is 111 cm³/mol. The van der Waals surface area contributed by atoms with Crippen LogP contribution < -0.4 is 10.1 Å². The van der Waals surface area contributed by atoms with E-state index >= 15 is 0 Å². The molecule has 0 saturated carbocycles. The molecule has 148 valence electrons. The summed E-state index contributed by atoms with van der Waals surface area (Å²) in [4.78, 5) is 27.6. The number of hydrogen-bond donors (Lipinski definition) is 1. The Bertz CT molecular complexity index is 799. The number of nitrogens with one attached hydrogen (secondary N) is 1. The Morgan fingerprint density at radius 3 is 2.39 bits per heavy atom. The highest BCUT2D eigenvalue weighted by molar-refractivity contribution is 6.04. The van der Waals surface area contributed by atoms with Gasteiger partial charge in [0.15, 0.2) is 6.10 Å². The van der Waals surface area contributed by atoms with Crippen molar-refractivity contribution in [3.05, 3.63) is 60.2 Å². The summed E-state index contributed by atoms with van der Waals surface area (Å²) >= 11 is 0. The molecule has 0 radical (unpaired) electrons. The molecule has 3 rings (SSSR count). The van der Waals surface area contributed by atoms with Gasteiger partial charge in [0.2, 0.25) is 0 Å². The molecule has 1 saturated heterocycles. The van der Waals surface area contributed by atoms with Gasteiger partial charge >= 0.3 is 0 Å². The smallest absolute Gasteiger partial charge is 0.265 e. The second kappa shape index (κ2) is 9.40. The van der Waals surface area contributed by atoms with Gasteiger partial charge in [-0.2, -0.15) is 0 Å². The number of benzene rings is 2. The SMILES string of the molecule is CCC(Oc1ccccc1)C(=O)Nc1ccccc1C(=O)N1CCC(C)CC1. The van der Waals surface area contributed by atoms with Crippen LogP contribution in [0.5, 0.6) is 5.75 Å². The largest absolute Gasteiger partial charge is 0.481 e. The van der Waals surface area contributed by atoms with Crippen molar-refractivity contribution in [3.8, 4) is 5.75 Å². The van der Waals surface area contributed by atoms with E-state index in [4.69, 9.17) is 4.74 Å². The molecule has 5 heteroatoms. The van der Waals surface area contributed by atoms with Crippen LogP contribution in [0.3, 0.4) is 0 Å². The van der Waals surface area contributed by atoms with Gasteiger partial charge in [-0.15, -0.1) is 0 Å². The molecule has 1 aliphatic heterocycles. The van der Waals surface area contributed by atoms with E-state index in [-0.39, 0.29) is 11.8 Å². The summed E-state index contributed by atoms with van der Waals surface area (Å²) in [5.41, 5.74) is 1.06. The van der Waals surface area contributed by atoms with Crippen LogP contribution in [0.25, 0.3) is 0 Å². The van der Waals surface area contributed by atoms with Crippen molar-refractivity contribution in [3.63, 3.8) is 0 Å². The average molecular weight is 380 g/mol. The topological polar surface area (TPSA) is 58.6 Å². The minimum absolute atomic E-state index is 0.0279. The number of para-hydroxylation sites is 2. The highest BCUT2D eigenvalue weighted by Crippen LogP contribution is 2.23. The maximum absolute atomic E-state index is 13.0. The van der Waals surface area contributed by atoms with Gasteiger partial charge in [-0.25, -0.2) is 0 Å². The van der Waals surface area contributed by atoms with Crippen LogP contribution in [0.15, 0.2) is 54.6 Å². The molecular formula is C23H28N2O3. The van der Waals surface area contributed by atoms with Gasteiger partial charge in [0, 0.05) is 13.1 Å². The fourth-order valence-corrected chi connectivity index (χ4v) is 3.36. The first-order chi connectivity index (χ1) is 13.6. The molecule has 0 aliphatic carbocycles. The molecule has 1 unspecified atom stereocenters. The van der Waals surface area contributed by atoms with Gasteiger partial charge in [-0.3, -0.25) is 9.59 Å². The van der Waals surface area contributed by atoms with Crippen molar-refractivity contribution in [1.82, 2.24) is 4.90 Å². The number of hydrogen-bond acceptors (Lipinski definition) is 3. The maximum atomic E-state index is 13.0. The van der Waals surface area contributed by atoms with Crippen molar-refractivity contribution < 1.29 is 14.3 Å². The monoisotopic (exact) mass is 380 g/mol. The summed E-state index contributed by atoms with van der Waals surface area (Å²) in [7, 11) is 0. The first-order valence-electron chi connectivity index (χ1n) is 9.99. The molecule has 0 spiro atoms. The zero-order chi connectivity index (χ0) is 19.9. The van der Waals surface area contributed by atoms with Crippen molar-refractivity contribution >= 4 is 17.5 Å². The number of likely N-dealkylation sites (tertiary alicyclic amines) is 1. The Kier molecular flexibility index (Phi) is 6.69. The van der Waals surface area contributed by atoms with Crippen LogP contribution in [0.4, 0.5) is 5.69 Å². The Morgan fingerprint density at radius 2 is 1.71 bits per heavy atom. The number of carbonyl (C=O) groups is 2. The highest BCUT2D eigenvalue weighted by atomic mass is 16.5. The summed E-state index contributed by atoms with van der Waals surface area (Å²) < 4.78 is 5.82. The fraction of sp³-hybridized carbons (Fsp3) is 0.391. The third-order valence-electron chi connectivity index (χ3n) is 5.17. The maximum Gasteiger partial charge on any atom is 0.265 e. The quantitative estimate of drug-likeness (QED) is 0.810. The molecule has 2 amide bonds. The third kappa shape index (κ3) is 4.91. The standard InChI is InChI=1S/C23H28N2O3/c1-3-21(28-18-9-5-4-6-10-18)22(26)24-20-12-8-7-11-19(20)23(27)25-15-13-17(2)14-16-25/h4-12,17,21H,3,13-16H2,1-2H3,(H,24,26). The van der Waals surface area contributed by atoms with E-state index in [9.17, 15) is 9.59 Å². The summed E-state index contributed by atoms with van der Waals surface area (Å²) in [6.07, 6.45) is 1.94. The lowest BCUT2D eigenvalue weighted by Crippen LogP contribution is -2.38. The van der Waals surface area contributed by atoms with Crippen LogP contribution in [-0.4, -0.2) is 35.9 Å². The van der Waals surface area contributed by atoms with E-state index in [0.29, 0.717) is 29.3 Å². The van der Waals surface area contributed by atoms with Gasteiger partial charge in [-0.05, 0) is 49.4 Å². The van der Waals surface area contributed by atoms with E-state index in [1.807, 2.05) is 54.3 Å². The van der Waals surface area contributed by atoms with Crippen LogP contribution >= 0.6 is 0 Å². The molecule has 1 fully saturated rings. The number of amides is 2. The summed E-state index contributed by atoms with van der Waals surface area (Å²) in [5.74, 6) is 1.02. The predicted octanol–water partition coefficient (Wildman–Crippen LogP) is 4.35. The van der Waals surface area contributed by atoms with Gasteiger partial charge in [0.25, 0.3) is 11.8 Å². The second-order valence-electron chi connectivity index (χ2n) is 7.34. The molecule has 1 aliphatic rings. The zero-order valence-electron chi connectivity index (χ0n) is 16.6. The van der Waals surface area contributed by atoms with E-state index in [1.54, 1.807) is 12.1 Å². The minimum atomic E-state index is -0.624. The van der Waals surface area contributed by atoms with Crippen LogP contribution in [0, 0.1) is 5.92 Å². The number of piperidine rings is 1.